The van der Waals surface area contributed by atoms with Gasteiger partial charge in [-0.25, -0.2) is 13.4 Å². The van der Waals surface area contributed by atoms with Crippen molar-refractivity contribution >= 4 is 54.1 Å². The highest BCUT2D eigenvalue weighted by atomic mass is 79.9. The van der Waals surface area contributed by atoms with Crippen molar-refractivity contribution in [1.29, 1.82) is 0 Å². The van der Waals surface area contributed by atoms with Gasteiger partial charge in [-0.15, -0.1) is 0 Å². The predicted molar refractivity (Wildman–Crippen MR) is 152 cm³/mol. The lowest BCUT2D eigenvalue weighted by Gasteiger charge is -2.30. The average Bonchev–Trinajstić information content (AvgIpc) is 2.88. The molecule has 0 spiro atoms. The second-order valence-corrected chi connectivity index (χ2v) is 12.4. The molecule has 0 saturated carbocycles. The topological polar surface area (TPSA) is 122 Å². The predicted octanol–water partition coefficient (Wildman–Crippen LogP) is 3.65. The third-order valence-electron chi connectivity index (χ3n) is 6.51. The Morgan fingerprint density at radius 3 is 2.63 bits per heavy atom. The van der Waals surface area contributed by atoms with E-state index >= 15 is 0 Å². The normalized spacial score (nSPS) is 16.4. The Hall–Kier alpha value is -3.35. The molecule has 0 radical (unpaired) electrons. The first-order valence-electron chi connectivity index (χ1n) is 12.2. The average molecular weight is 599 g/mol. The van der Waals surface area contributed by atoms with Crippen LogP contribution >= 0.6 is 15.9 Å². The molecule has 1 unspecified atom stereocenters. The summed E-state index contributed by atoms with van der Waals surface area (Å²) in [4.78, 5) is 28.6. The Bertz CT molecular complexity index is 1640. The molecule has 1 aliphatic rings. The lowest BCUT2D eigenvalue weighted by atomic mass is 10.1. The van der Waals surface area contributed by atoms with E-state index in [1.165, 1.54) is 29.4 Å². The maximum atomic E-state index is 13.1. The molecule has 198 valence electrons. The molecule has 0 amide bonds. The number of likely N-dealkylation sites (tertiary alicyclic amines) is 1. The molecule has 3 aromatic heterocycles. The van der Waals surface area contributed by atoms with Gasteiger partial charge in [-0.1, -0.05) is 0 Å². The maximum Gasteiger partial charge on any atom is 0.266 e. The fourth-order valence-electron chi connectivity index (χ4n) is 4.69. The molecule has 4 heterocycles. The highest BCUT2D eigenvalue weighted by Crippen LogP contribution is 2.23. The lowest BCUT2D eigenvalue weighted by molar-refractivity contribution is 0.261. The minimum absolute atomic E-state index is 0.0157. The van der Waals surface area contributed by atoms with Gasteiger partial charge in [0.2, 0.25) is 5.95 Å². The van der Waals surface area contributed by atoms with Crippen LogP contribution in [0.25, 0.3) is 11.0 Å². The maximum absolute atomic E-state index is 13.1. The standard InChI is InChI=1S/C26H28BrN7O3S/c1-33-11-3-4-21(16-33)30-19-5-7-20(8-6-19)31-26-29-14-17-12-22(27)25(35)34(24(17)32-26)15-18-13-28-10-9-23(18)38(2,36)37/h5-10,12-14,21,30H,3-4,11,15-16H2,1-2H3,(H,29,31,32). The number of nitrogens with one attached hydrogen (secondary N) is 2. The summed E-state index contributed by atoms with van der Waals surface area (Å²) in [6.45, 7) is 2.14. The van der Waals surface area contributed by atoms with Gasteiger partial charge >= 0.3 is 0 Å². The van der Waals surface area contributed by atoms with Gasteiger partial charge in [-0.2, -0.15) is 4.98 Å². The first kappa shape index (κ1) is 26.3. The minimum atomic E-state index is -3.51. The summed E-state index contributed by atoms with van der Waals surface area (Å²) in [5.41, 5.74) is 2.28. The lowest BCUT2D eigenvalue weighted by Crippen LogP contribution is -2.39. The van der Waals surface area contributed by atoms with E-state index in [4.69, 9.17) is 0 Å². The van der Waals surface area contributed by atoms with Crippen LogP contribution < -0.4 is 16.2 Å². The van der Waals surface area contributed by atoms with E-state index in [1.807, 2.05) is 24.3 Å². The van der Waals surface area contributed by atoms with E-state index in [0.717, 1.165) is 37.1 Å². The number of anilines is 3. The van der Waals surface area contributed by atoms with E-state index in [2.05, 4.69) is 53.5 Å². The number of likely N-dealkylation sites (N-methyl/N-ethyl adjacent to an activating group) is 1. The Morgan fingerprint density at radius 1 is 1.13 bits per heavy atom. The summed E-state index contributed by atoms with van der Waals surface area (Å²) in [6.07, 6.45) is 7.97. The van der Waals surface area contributed by atoms with Gasteiger partial charge in [-0.05, 0) is 78.8 Å². The number of benzene rings is 1. The molecule has 2 N–H and O–H groups in total. The molecule has 5 rings (SSSR count). The molecule has 1 fully saturated rings. The van der Waals surface area contributed by atoms with Gasteiger partial charge in [0, 0.05) is 59.8 Å². The fraction of sp³-hybridized carbons (Fsp3) is 0.308. The molecular formula is C26H28BrN7O3S. The molecule has 10 nitrogen and oxygen atoms in total. The summed E-state index contributed by atoms with van der Waals surface area (Å²) in [6, 6.07) is 11.4. The van der Waals surface area contributed by atoms with Crippen LogP contribution in [0.4, 0.5) is 17.3 Å². The number of piperidine rings is 1. The fourth-order valence-corrected chi connectivity index (χ4v) is 6.06. The quantitative estimate of drug-likeness (QED) is 0.328. The number of hydrogen-bond acceptors (Lipinski definition) is 9. The van der Waals surface area contributed by atoms with Gasteiger partial charge < -0.3 is 15.5 Å². The Balaban J connectivity index is 1.42. The molecule has 0 aliphatic carbocycles. The first-order chi connectivity index (χ1) is 18.2. The first-order valence-corrected chi connectivity index (χ1v) is 14.9. The summed E-state index contributed by atoms with van der Waals surface area (Å²) in [5.74, 6) is 0.317. The zero-order valence-corrected chi connectivity index (χ0v) is 23.5. The monoisotopic (exact) mass is 597 g/mol. The van der Waals surface area contributed by atoms with Crippen LogP contribution in [0.1, 0.15) is 18.4 Å². The van der Waals surface area contributed by atoms with E-state index in [-0.39, 0.29) is 17.0 Å². The van der Waals surface area contributed by atoms with Crippen LogP contribution in [0.3, 0.4) is 0 Å². The minimum Gasteiger partial charge on any atom is -0.381 e. The van der Waals surface area contributed by atoms with E-state index in [9.17, 15) is 13.2 Å². The third-order valence-corrected chi connectivity index (χ3v) is 8.27. The number of fused-ring (bicyclic) bond motifs is 1. The smallest absolute Gasteiger partial charge is 0.266 e. The number of hydrogen-bond donors (Lipinski definition) is 2. The molecule has 1 atom stereocenters. The Morgan fingerprint density at radius 2 is 1.89 bits per heavy atom. The molecule has 1 aromatic carbocycles. The SMILES string of the molecule is CN1CCCC(Nc2ccc(Nc3ncc4cc(Br)c(=O)n(Cc5cnccc5S(C)(=O)=O)c4n3)cc2)C1. The number of nitrogens with zero attached hydrogens (tertiary/aromatic N) is 5. The molecule has 4 aromatic rings. The van der Waals surface area contributed by atoms with E-state index in [0.29, 0.717) is 33.1 Å². The highest BCUT2D eigenvalue weighted by molar-refractivity contribution is 9.10. The van der Waals surface area contributed by atoms with Crippen molar-refractivity contribution in [2.45, 2.75) is 30.3 Å². The van der Waals surface area contributed by atoms with Crippen molar-refractivity contribution in [2.75, 3.05) is 37.0 Å². The van der Waals surface area contributed by atoms with Crippen molar-refractivity contribution in [3.63, 3.8) is 0 Å². The Labute approximate surface area is 229 Å². The van der Waals surface area contributed by atoms with Crippen molar-refractivity contribution in [3.05, 3.63) is 75.4 Å². The molecule has 38 heavy (non-hydrogen) atoms. The summed E-state index contributed by atoms with van der Waals surface area (Å²) in [5, 5.41) is 7.42. The summed E-state index contributed by atoms with van der Waals surface area (Å²) < 4.78 is 26.3. The largest absolute Gasteiger partial charge is 0.381 e. The van der Waals surface area contributed by atoms with E-state index < -0.39 is 9.84 Å². The van der Waals surface area contributed by atoms with Gasteiger partial charge in [0.25, 0.3) is 5.56 Å². The number of halogens is 1. The van der Waals surface area contributed by atoms with Crippen LogP contribution in [-0.4, -0.2) is 65.3 Å². The summed E-state index contributed by atoms with van der Waals surface area (Å²) >= 11 is 3.31. The number of aromatic nitrogens is 4. The van der Waals surface area contributed by atoms with Crippen molar-refractivity contribution < 1.29 is 8.42 Å². The molecule has 1 aliphatic heterocycles. The van der Waals surface area contributed by atoms with Crippen LogP contribution in [0.15, 0.2) is 69.2 Å². The zero-order valence-electron chi connectivity index (χ0n) is 21.1. The second-order valence-electron chi connectivity index (χ2n) is 9.56. The van der Waals surface area contributed by atoms with Crippen LogP contribution in [0, 0.1) is 0 Å². The molecular weight excluding hydrogens is 570 g/mol. The van der Waals surface area contributed by atoms with Crippen LogP contribution in [0.2, 0.25) is 0 Å². The molecule has 12 heteroatoms. The van der Waals surface area contributed by atoms with Gasteiger partial charge in [0.15, 0.2) is 9.84 Å². The molecule has 0 bridgehead atoms. The second kappa shape index (κ2) is 10.8. The van der Waals surface area contributed by atoms with Gasteiger partial charge in [0.05, 0.1) is 15.9 Å². The number of pyridine rings is 2. The van der Waals surface area contributed by atoms with Gasteiger partial charge in [-0.3, -0.25) is 14.3 Å². The zero-order chi connectivity index (χ0) is 26.9. The van der Waals surface area contributed by atoms with Crippen LogP contribution in [0.5, 0.6) is 0 Å². The number of rotatable bonds is 7. The van der Waals surface area contributed by atoms with Gasteiger partial charge in [0.1, 0.15) is 5.65 Å². The van der Waals surface area contributed by atoms with Crippen LogP contribution in [-0.2, 0) is 16.4 Å². The Kier molecular flexibility index (Phi) is 7.46. The van der Waals surface area contributed by atoms with Crippen molar-refractivity contribution in [2.24, 2.45) is 0 Å². The molecule has 1 saturated heterocycles. The van der Waals surface area contributed by atoms with Crippen molar-refractivity contribution in [1.82, 2.24) is 24.4 Å². The highest BCUT2D eigenvalue weighted by Gasteiger charge is 2.18. The van der Waals surface area contributed by atoms with Crippen molar-refractivity contribution in [3.8, 4) is 0 Å². The summed E-state index contributed by atoms with van der Waals surface area (Å²) in [7, 11) is -1.37. The third kappa shape index (κ3) is 5.87. The number of sulfone groups is 1. The van der Waals surface area contributed by atoms with E-state index in [1.54, 1.807) is 12.3 Å².